The Morgan fingerprint density at radius 2 is 1.75 bits per heavy atom. The number of rotatable bonds is 1. The number of nitrogens with zero attached hydrogens (tertiary/aromatic N) is 2. The maximum atomic E-state index is 9.50. The van der Waals surface area contributed by atoms with Crippen molar-refractivity contribution in [2.75, 3.05) is 5.73 Å². The first kappa shape index (κ1) is 13.3. The van der Waals surface area contributed by atoms with E-state index in [4.69, 9.17) is 5.73 Å². The summed E-state index contributed by atoms with van der Waals surface area (Å²) in [5.74, 6) is -0.00581. The van der Waals surface area contributed by atoms with Gasteiger partial charge in [0.15, 0.2) is 0 Å². The van der Waals surface area contributed by atoms with Gasteiger partial charge in [0.25, 0.3) is 0 Å². The molecule has 0 fully saturated rings. The fourth-order valence-electron chi connectivity index (χ4n) is 1.24. The van der Waals surface area contributed by atoms with Crippen molar-refractivity contribution < 1.29 is 24.6 Å². The molecule has 4 nitrogen and oxygen atoms in total. The molecule has 0 amide bonds. The molecule has 0 spiro atoms. The van der Waals surface area contributed by atoms with Crippen LogP contribution in [0, 0.1) is 3.57 Å². The van der Waals surface area contributed by atoms with Crippen LogP contribution in [0.15, 0.2) is 30.3 Å². The van der Waals surface area contributed by atoms with Gasteiger partial charge in [0, 0.05) is 25.0 Å². The second kappa shape index (κ2) is 5.54. The molecule has 78 valence electrons. The maximum Gasteiger partial charge on any atom is 0.230 e. The third-order valence-electron chi connectivity index (χ3n) is 1.90. The van der Waals surface area contributed by atoms with E-state index in [2.05, 4.69) is 9.97 Å². The van der Waals surface area contributed by atoms with Crippen molar-refractivity contribution in [1.29, 1.82) is 0 Å². The zero-order chi connectivity index (χ0) is 10.8. The number of aromatic hydroxyl groups is 1. The molecule has 1 heterocycles. The molecule has 2 aromatic rings. The Bertz CT molecular complexity index is 493. The van der Waals surface area contributed by atoms with Crippen LogP contribution in [-0.2, 0) is 19.5 Å². The standard InChI is InChI=1S/C10H8IN3O.Zn/c11-7-8(6-4-2-1-3-5-6)13-10(12)14-9(7)15;/h1-5H,(H3,12,13,14,15);. The van der Waals surface area contributed by atoms with E-state index in [1.807, 2.05) is 52.9 Å². The fourth-order valence-corrected chi connectivity index (χ4v) is 1.79. The van der Waals surface area contributed by atoms with Gasteiger partial charge in [0.05, 0.1) is 5.69 Å². The SMILES string of the molecule is Nc1nc(O)c(I)c(-c2ccccc2)n1.[Zn]. The molecule has 0 aliphatic heterocycles. The molecule has 6 heteroatoms. The quantitative estimate of drug-likeness (QED) is 0.588. The van der Waals surface area contributed by atoms with Gasteiger partial charge in [-0.1, -0.05) is 30.3 Å². The van der Waals surface area contributed by atoms with Gasteiger partial charge in [-0.25, -0.2) is 4.98 Å². The van der Waals surface area contributed by atoms with Crippen LogP contribution in [0.2, 0.25) is 0 Å². The summed E-state index contributed by atoms with van der Waals surface area (Å²) in [6.07, 6.45) is 0. The van der Waals surface area contributed by atoms with Crippen LogP contribution >= 0.6 is 22.6 Å². The molecular weight excluding hydrogens is 370 g/mol. The van der Waals surface area contributed by atoms with Crippen LogP contribution in [-0.4, -0.2) is 15.1 Å². The molecule has 3 N–H and O–H groups in total. The molecule has 0 atom stereocenters. The van der Waals surface area contributed by atoms with E-state index >= 15 is 0 Å². The van der Waals surface area contributed by atoms with Gasteiger partial charge >= 0.3 is 0 Å². The van der Waals surface area contributed by atoms with Crippen molar-refractivity contribution in [1.82, 2.24) is 9.97 Å². The minimum Gasteiger partial charge on any atom is -0.492 e. The average molecular weight is 378 g/mol. The summed E-state index contributed by atoms with van der Waals surface area (Å²) in [5, 5.41) is 9.50. The third-order valence-corrected chi connectivity index (χ3v) is 2.89. The second-order valence-corrected chi connectivity index (χ2v) is 4.01. The van der Waals surface area contributed by atoms with Gasteiger partial charge in [-0.2, -0.15) is 4.98 Å². The van der Waals surface area contributed by atoms with Crippen LogP contribution in [0.4, 0.5) is 5.95 Å². The summed E-state index contributed by atoms with van der Waals surface area (Å²) in [6.45, 7) is 0. The number of hydrogen-bond donors (Lipinski definition) is 2. The van der Waals surface area contributed by atoms with Crippen molar-refractivity contribution in [2.24, 2.45) is 0 Å². The zero-order valence-electron chi connectivity index (χ0n) is 8.39. The van der Waals surface area contributed by atoms with E-state index in [0.29, 0.717) is 9.26 Å². The summed E-state index contributed by atoms with van der Waals surface area (Å²) < 4.78 is 0.605. The molecule has 0 aliphatic carbocycles. The minimum atomic E-state index is -0.0815. The second-order valence-electron chi connectivity index (χ2n) is 2.93. The van der Waals surface area contributed by atoms with E-state index in [-0.39, 0.29) is 31.3 Å². The number of anilines is 1. The fraction of sp³-hybridized carbons (Fsp3) is 0. The average Bonchev–Trinajstić information content (AvgIpc) is 2.24. The van der Waals surface area contributed by atoms with E-state index in [9.17, 15) is 5.11 Å². The molecule has 1 aromatic heterocycles. The van der Waals surface area contributed by atoms with Gasteiger partial charge in [-0.05, 0) is 22.6 Å². The summed E-state index contributed by atoms with van der Waals surface area (Å²) >= 11 is 1.99. The monoisotopic (exact) mass is 377 g/mol. The summed E-state index contributed by atoms with van der Waals surface area (Å²) in [6, 6.07) is 9.54. The molecule has 0 aliphatic rings. The molecule has 1 aromatic carbocycles. The van der Waals surface area contributed by atoms with Crippen molar-refractivity contribution in [3.05, 3.63) is 33.9 Å². The Hall–Kier alpha value is -0.747. The van der Waals surface area contributed by atoms with E-state index in [1.54, 1.807) is 0 Å². The molecule has 2 rings (SSSR count). The summed E-state index contributed by atoms with van der Waals surface area (Å²) in [4.78, 5) is 7.78. The first-order chi connectivity index (χ1) is 7.18. The summed E-state index contributed by atoms with van der Waals surface area (Å²) in [7, 11) is 0. The van der Waals surface area contributed by atoms with Gasteiger partial charge in [0.2, 0.25) is 11.8 Å². The number of hydrogen-bond acceptors (Lipinski definition) is 4. The van der Waals surface area contributed by atoms with E-state index < -0.39 is 0 Å². The van der Waals surface area contributed by atoms with Crippen LogP contribution < -0.4 is 5.73 Å². The summed E-state index contributed by atoms with van der Waals surface area (Å²) in [5.41, 5.74) is 7.04. The number of aromatic nitrogens is 2. The molecule has 0 unspecified atom stereocenters. The van der Waals surface area contributed by atoms with Gasteiger partial charge in [-0.3, -0.25) is 0 Å². The number of benzene rings is 1. The van der Waals surface area contributed by atoms with Gasteiger partial charge in [0.1, 0.15) is 3.57 Å². The number of nitrogens with two attached hydrogens (primary N) is 1. The van der Waals surface area contributed by atoms with Crippen LogP contribution in [0.1, 0.15) is 0 Å². The van der Waals surface area contributed by atoms with Crippen LogP contribution in [0.5, 0.6) is 5.88 Å². The first-order valence-corrected chi connectivity index (χ1v) is 5.34. The molecule has 0 saturated heterocycles. The first-order valence-electron chi connectivity index (χ1n) is 4.26. The molecule has 0 saturated carbocycles. The number of halogens is 1. The Morgan fingerprint density at radius 1 is 1.12 bits per heavy atom. The van der Waals surface area contributed by atoms with E-state index in [1.165, 1.54) is 0 Å². The molecule has 16 heavy (non-hydrogen) atoms. The smallest absolute Gasteiger partial charge is 0.230 e. The largest absolute Gasteiger partial charge is 0.492 e. The van der Waals surface area contributed by atoms with E-state index in [0.717, 1.165) is 5.56 Å². The predicted octanol–water partition coefficient (Wildman–Crippen LogP) is 2.03. The van der Waals surface area contributed by atoms with Crippen molar-refractivity contribution in [3.63, 3.8) is 0 Å². The van der Waals surface area contributed by atoms with Crippen molar-refractivity contribution in [2.45, 2.75) is 0 Å². The maximum absolute atomic E-state index is 9.50. The van der Waals surface area contributed by atoms with Gasteiger partial charge in [-0.15, -0.1) is 0 Å². The van der Waals surface area contributed by atoms with Crippen molar-refractivity contribution in [3.8, 4) is 17.1 Å². The Labute approximate surface area is 119 Å². The Morgan fingerprint density at radius 3 is 2.38 bits per heavy atom. The Balaban J connectivity index is 0.00000128. The topological polar surface area (TPSA) is 72.0 Å². The molecule has 0 radical (unpaired) electrons. The number of nitrogen functional groups attached to an aromatic ring is 1. The van der Waals surface area contributed by atoms with Crippen LogP contribution in [0.25, 0.3) is 11.3 Å². The molecular formula is C10H8IN3OZn. The van der Waals surface area contributed by atoms with Gasteiger partial charge < -0.3 is 10.8 Å². The molecule has 0 bridgehead atoms. The predicted molar refractivity (Wildman–Crippen MR) is 66.3 cm³/mol. The minimum absolute atomic E-state index is 0. The zero-order valence-corrected chi connectivity index (χ0v) is 13.5. The Kier molecular flexibility index (Phi) is 4.61. The normalized spacial score (nSPS) is 9.56. The van der Waals surface area contributed by atoms with Crippen LogP contribution in [0.3, 0.4) is 0 Å². The third kappa shape index (κ3) is 2.68. The van der Waals surface area contributed by atoms with Crippen molar-refractivity contribution >= 4 is 28.5 Å².